The molecular formula is C14H8Cl2FNO3. The van der Waals surface area contributed by atoms with E-state index in [0.29, 0.717) is 0 Å². The summed E-state index contributed by atoms with van der Waals surface area (Å²) in [5, 5.41) is 11.5. The first-order chi connectivity index (χ1) is 9.88. The zero-order chi connectivity index (χ0) is 15.6. The Morgan fingerprint density at radius 2 is 1.76 bits per heavy atom. The maximum atomic E-state index is 12.9. The Bertz CT molecular complexity index is 734. The lowest BCUT2D eigenvalue weighted by molar-refractivity contribution is 0.0696. The van der Waals surface area contributed by atoms with Gasteiger partial charge in [-0.15, -0.1) is 0 Å². The predicted octanol–water partition coefficient (Wildman–Crippen LogP) is 4.08. The van der Waals surface area contributed by atoms with Crippen molar-refractivity contribution in [1.82, 2.24) is 0 Å². The molecule has 0 bridgehead atoms. The molecule has 0 atom stereocenters. The van der Waals surface area contributed by atoms with E-state index in [1.165, 1.54) is 24.3 Å². The van der Waals surface area contributed by atoms with Gasteiger partial charge in [-0.1, -0.05) is 23.2 Å². The molecule has 0 fully saturated rings. The topological polar surface area (TPSA) is 66.4 Å². The zero-order valence-electron chi connectivity index (χ0n) is 10.4. The van der Waals surface area contributed by atoms with Crippen molar-refractivity contribution in [3.05, 3.63) is 63.4 Å². The highest BCUT2D eigenvalue weighted by Gasteiger charge is 2.14. The molecule has 0 unspecified atom stereocenters. The van der Waals surface area contributed by atoms with Crippen LogP contribution in [-0.4, -0.2) is 17.0 Å². The van der Waals surface area contributed by atoms with E-state index in [0.717, 1.165) is 12.1 Å². The molecule has 0 saturated carbocycles. The molecule has 2 aromatic rings. The number of hydrogen-bond donors (Lipinski definition) is 2. The van der Waals surface area contributed by atoms with Crippen LogP contribution in [0.2, 0.25) is 10.0 Å². The Morgan fingerprint density at radius 1 is 1.05 bits per heavy atom. The van der Waals surface area contributed by atoms with Crippen LogP contribution in [0.3, 0.4) is 0 Å². The Morgan fingerprint density at radius 3 is 2.38 bits per heavy atom. The molecule has 108 valence electrons. The summed E-state index contributed by atoms with van der Waals surface area (Å²) in [7, 11) is 0. The number of anilines is 1. The van der Waals surface area contributed by atoms with Crippen LogP contribution in [0.5, 0.6) is 0 Å². The maximum absolute atomic E-state index is 12.9. The number of benzene rings is 2. The Balaban J connectivity index is 2.31. The summed E-state index contributed by atoms with van der Waals surface area (Å²) in [6, 6.07) is 7.21. The van der Waals surface area contributed by atoms with Gasteiger partial charge in [0, 0.05) is 0 Å². The monoisotopic (exact) mass is 327 g/mol. The number of carboxylic acids is 1. The van der Waals surface area contributed by atoms with Gasteiger partial charge < -0.3 is 10.4 Å². The van der Waals surface area contributed by atoms with Gasteiger partial charge in [-0.2, -0.15) is 0 Å². The second-order valence-electron chi connectivity index (χ2n) is 4.08. The van der Waals surface area contributed by atoms with Crippen molar-refractivity contribution >= 4 is 40.8 Å². The fourth-order valence-electron chi connectivity index (χ4n) is 1.62. The predicted molar refractivity (Wildman–Crippen MR) is 77.8 cm³/mol. The number of amides is 1. The second-order valence-corrected chi connectivity index (χ2v) is 4.89. The first-order valence-corrected chi connectivity index (χ1v) is 6.43. The van der Waals surface area contributed by atoms with Crippen molar-refractivity contribution < 1.29 is 19.1 Å². The highest BCUT2D eigenvalue weighted by Crippen LogP contribution is 2.25. The standard InChI is InChI=1S/C14H8Cl2FNO3/c15-10-4-1-7(14(20)21)5-12(10)18-13(19)9-3-2-8(17)6-11(9)16/h1-6H,(H,18,19)(H,20,21). The van der Waals surface area contributed by atoms with Gasteiger partial charge in [0.05, 0.1) is 26.9 Å². The minimum atomic E-state index is -1.15. The van der Waals surface area contributed by atoms with E-state index in [-0.39, 0.29) is 26.9 Å². The van der Waals surface area contributed by atoms with Crippen molar-refractivity contribution in [1.29, 1.82) is 0 Å². The number of hydrogen-bond acceptors (Lipinski definition) is 2. The lowest BCUT2D eigenvalue weighted by Crippen LogP contribution is -2.13. The highest BCUT2D eigenvalue weighted by molar-refractivity contribution is 6.36. The molecule has 0 aromatic heterocycles. The van der Waals surface area contributed by atoms with E-state index in [1.807, 2.05) is 0 Å². The summed E-state index contributed by atoms with van der Waals surface area (Å²) in [4.78, 5) is 22.9. The van der Waals surface area contributed by atoms with Crippen molar-refractivity contribution in [2.45, 2.75) is 0 Å². The number of carbonyl (C=O) groups excluding carboxylic acids is 1. The number of carbonyl (C=O) groups is 2. The third-order valence-electron chi connectivity index (χ3n) is 2.64. The molecule has 21 heavy (non-hydrogen) atoms. The smallest absolute Gasteiger partial charge is 0.335 e. The molecule has 0 radical (unpaired) electrons. The summed E-state index contributed by atoms with van der Waals surface area (Å²) in [5.74, 6) is -2.34. The molecular weight excluding hydrogens is 320 g/mol. The average Bonchev–Trinajstić information content (AvgIpc) is 2.40. The van der Waals surface area contributed by atoms with Gasteiger partial charge in [-0.3, -0.25) is 4.79 Å². The van der Waals surface area contributed by atoms with Crippen LogP contribution in [0.4, 0.5) is 10.1 Å². The molecule has 2 aromatic carbocycles. The normalized spacial score (nSPS) is 10.2. The van der Waals surface area contributed by atoms with Crippen LogP contribution in [-0.2, 0) is 0 Å². The van der Waals surface area contributed by atoms with Crippen LogP contribution < -0.4 is 5.32 Å². The molecule has 0 aliphatic rings. The zero-order valence-corrected chi connectivity index (χ0v) is 11.9. The van der Waals surface area contributed by atoms with E-state index in [4.69, 9.17) is 28.3 Å². The van der Waals surface area contributed by atoms with E-state index in [9.17, 15) is 14.0 Å². The molecule has 7 heteroatoms. The van der Waals surface area contributed by atoms with Crippen LogP contribution in [0.15, 0.2) is 36.4 Å². The van der Waals surface area contributed by atoms with Gasteiger partial charge in [0.1, 0.15) is 5.82 Å². The first kappa shape index (κ1) is 15.3. The lowest BCUT2D eigenvalue weighted by atomic mass is 10.1. The molecule has 0 heterocycles. The molecule has 0 saturated heterocycles. The molecule has 2 N–H and O–H groups in total. The van der Waals surface area contributed by atoms with Gasteiger partial charge >= 0.3 is 5.97 Å². The third-order valence-corrected chi connectivity index (χ3v) is 3.28. The summed E-state index contributed by atoms with van der Waals surface area (Å²) in [5.41, 5.74) is 0.150. The summed E-state index contributed by atoms with van der Waals surface area (Å²) < 4.78 is 12.9. The van der Waals surface area contributed by atoms with Crippen LogP contribution in [0, 0.1) is 5.82 Å². The fraction of sp³-hybridized carbons (Fsp3) is 0. The number of aromatic carboxylic acids is 1. The maximum Gasteiger partial charge on any atom is 0.335 e. The molecule has 0 spiro atoms. The van der Waals surface area contributed by atoms with E-state index in [1.54, 1.807) is 0 Å². The number of rotatable bonds is 3. The van der Waals surface area contributed by atoms with Gasteiger partial charge in [-0.05, 0) is 36.4 Å². The SMILES string of the molecule is O=C(O)c1ccc(Cl)c(NC(=O)c2ccc(F)cc2Cl)c1. The molecule has 2 rings (SSSR count). The summed E-state index contributed by atoms with van der Waals surface area (Å²) >= 11 is 11.7. The van der Waals surface area contributed by atoms with E-state index < -0.39 is 17.7 Å². The van der Waals surface area contributed by atoms with Gasteiger partial charge in [0.15, 0.2) is 0 Å². The van der Waals surface area contributed by atoms with Gasteiger partial charge in [0.2, 0.25) is 0 Å². The Kier molecular flexibility index (Phi) is 4.45. The molecule has 0 aliphatic heterocycles. The summed E-state index contributed by atoms with van der Waals surface area (Å²) in [6.45, 7) is 0. The minimum Gasteiger partial charge on any atom is -0.478 e. The second kappa shape index (κ2) is 6.11. The van der Waals surface area contributed by atoms with Crippen LogP contribution in [0.1, 0.15) is 20.7 Å². The van der Waals surface area contributed by atoms with Crippen LogP contribution >= 0.6 is 23.2 Å². The largest absolute Gasteiger partial charge is 0.478 e. The molecule has 4 nitrogen and oxygen atoms in total. The van der Waals surface area contributed by atoms with Crippen LogP contribution in [0.25, 0.3) is 0 Å². The lowest BCUT2D eigenvalue weighted by Gasteiger charge is -2.09. The third kappa shape index (κ3) is 3.51. The fourth-order valence-corrected chi connectivity index (χ4v) is 2.04. The number of nitrogens with one attached hydrogen (secondary N) is 1. The Hall–Kier alpha value is -2.11. The quantitative estimate of drug-likeness (QED) is 0.892. The Labute approximate surface area is 129 Å². The number of carboxylic acid groups (broad SMARTS) is 1. The van der Waals surface area contributed by atoms with E-state index in [2.05, 4.69) is 5.32 Å². The molecule has 1 amide bonds. The number of halogens is 3. The average molecular weight is 328 g/mol. The first-order valence-electron chi connectivity index (χ1n) is 5.67. The van der Waals surface area contributed by atoms with E-state index >= 15 is 0 Å². The van der Waals surface area contributed by atoms with Crippen molar-refractivity contribution in [2.24, 2.45) is 0 Å². The van der Waals surface area contributed by atoms with Gasteiger partial charge in [-0.25, -0.2) is 9.18 Å². The van der Waals surface area contributed by atoms with Gasteiger partial charge in [0.25, 0.3) is 5.91 Å². The van der Waals surface area contributed by atoms with Crippen molar-refractivity contribution in [3.63, 3.8) is 0 Å². The highest BCUT2D eigenvalue weighted by atomic mass is 35.5. The van der Waals surface area contributed by atoms with Crippen molar-refractivity contribution in [2.75, 3.05) is 5.32 Å². The van der Waals surface area contributed by atoms with Crippen molar-refractivity contribution in [3.8, 4) is 0 Å². The summed E-state index contributed by atoms with van der Waals surface area (Å²) in [6.07, 6.45) is 0. The minimum absolute atomic E-state index is 0.0279. The molecule has 0 aliphatic carbocycles.